The number of hydrogen-bond donors (Lipinski definition) is 2. The molecule has 3 aromatic rings. The monoisotopic (exact) mass is 351 g/mol. The van der Waals surface area contributed by atoms with Crippen LogP contribution in [0, 0.1) is 6.92 Å². The van der Waals surface area contributed by atoms with Crippen LogP contribution in [-0.4, -0.2) is 37.0 Å². The summed E-state index contributed by atoms with van der Waals surface area (Å²) in [5.41, 5.74) is 2.96. The minimum absolute atomic E-state index is 0.314. The molecule has 0 radical (unpaired) electrons. The zero-order valence-electron chi connectivity index (χ0n) is 14.2. The van der Waals surface area contributed by atoms with E-state index in [9.17, 15) is 9.59 Å². The average Bonchev–Trinajstić information content (AvgIpc) is 3.18. The SMILES string of the molecule is Cc1ccc(NC(=O)C(=O)NC(C)c2ccncc2)cc1-n1cnnn1. The normalized spacial score (nSPS) is 11.6. The van der Waals surface area contributed by atoms with Gasteiger partial charge < -0.3 is 10.6 Å². The van der Waals surface area contributed by atoms with Gasteiger partial charge in [0.15, 0.2) is 0 Å². The van der Waals surface area contributed by atoms with Crippen LogP contribution in [-0.2, 0) is 9.59 Å². The van der Waals surface area contributed by atoms with Crippen LogP contribution in [0.1, 0.15) is 24.1 Å². The second-order valence-electron chi connectivity index (χ2n) is 5.69. The van der Waals surface area contributed by atoms with Crippen LogP contribution in [0.15, 0.2) is 49.1 Å². The standard InChI is InChI=1S/C17H17N7O2/c1-11-3-4-14(9-15(11)24-10-19-22-23-24)21-17(26)16(25)20-12(2)13-5-7-18-8-6-13/h3-10,12H,1-2H3,(H,20,25)(H,21,26). The molecule has 1 atom stereocenters. The highest BCUT2D eigenvalue weighted by Gasteiger charge is 2.17. The third kappa shape index (κ3) is 3.89. The van der Waals surface area contributed by atoms with E-state index in [1.807, 2.05) is 13.0 Å². The Bertz CT molecular complexity index is 910. The molecular weight excluding hydrogens is 334 g/mol. The number of nitrogens with zero attached hydrogens (tertiary/aromatic N) is 5. The molecule has 1 aromatic carbocycles. The quantitative estimate of drug-likeness (QED) is 0.682. The van der Waals surface area contributed by atoms with E-state index in [0.29, 0.717) is 11.4 Å². The maximum Gasteiger partial charge on any atom is 0.313 e. The fourth-order valence-corrected chi connectivity index (χ4v) is 2.39. The molecule has 9 heteroatoms. The van der Waals surface area contributed by atoms with Crippen molar-refractivity contribution in [3.05, 3.63) is 60.2 Å². The van der Waals surface area contributed by atoms with Crippen molar-refractivity contribution in [1.82, 2.24) is 30.5 Å². The van der Waals surface area contributed by atoms with Crippen LogP contribution >= 0.6 is 0 Å². The van der Waals surface area contributed by atoms with Gasteiger partial charge in [-0.15, -0.1) is 5.10 Å². The van der Waals surface area contributed by atoms with Gasteiger partial charge in [-0.3, -0.25) is 14.6 Å². The average molecular weight is 351 g/mol. The molecule has 0 aliphatic heterocycles. The largest absolute Gasteiger partial charge is 0.341 e. The molecule has 0 saturated heterocycles. The van der Waals surface area contributed by atoms with Gasteiger partial charge in [0.25, 0.3) is 0 Å². The Morgan fingerprint density at radius 1 is 1.12 bits per heavy atom. The van der Waals surface area contributed by atoms with E-state index in [1.54, 1.807) is 43.6 Å². The topological polar surface area (TPSA) is 115 Å². The summed E-state index contributed by atoms with van der Waals surface area (Å²) >= 11 is 0. The summed E-state index contributed by atoms with van der Waals surface area (Å²) < 4.78 is 1.48. The van der Waals surface area contributed by atoms with Gasteiger partial charge >= 0.3 is 11.8 Å². The Balaban J connectivity index is 1.68. The molecule has 132 valence electrons. The Kier molecular flexibility index (Phi) is 4.97. The van der Waals surface area contributed by atoms with Gasteiger partial charge in [-0.1, -0.05) is 6.07 Å². The van der Waals surface area contributed by atoms with E-state index in [-0.39, 0.29) is 6.04 Å². The van der Waals surface area contributed by atoms with E-state index in [0.717, 1.165) is 11.1 Å². The minimum Gasteiger partial charge on any atom is -0.341 e. The number of nitrogens with one attached hydrogen (secondary N) is 2. The first kappa shape index (κ1) is 17.2. The van der Waals surface area contributed by atoms with Crippen LogP contribution in [0.4, 0.5) is 5.69 Å². The fourth-order valence-electron chi connectivity index (χ4n) is 2.39. The van der Waals surface area contributed by atoms with Crippen molar-refractivity contribution in [2.45, 2.75) is 19.9 Å². The third-order valence-electron chi connectivity index (χ3n) is 3.82. The number of hydrogen-bond acceptors (Lipinski definition) is 6. The number of aromatic nitrogens is 5. The number of amides is 2. The highest BCUT2D eigenvalue weighted by molar-refractivity contribution is 6.39. The molecule has 9 nitrogen and oxygen atoms in total. The Hall–Kier alpha value is -3.62. The van der Waals surface area contributed by atoms with Gasteiger partial charge in [0.2, 0.25) is 0 Å². The molecular formula is C17H17N7O2. The minimum atomic E-state index is -0.752. The molecule has 0 saturated carbocycles. The van der Waals surface area contributed by atoms with Crippen LogP contribution in [0.5, 0.6) is 0 Å². The molecule has 0 spiro atoms. The number of pyridine rings is 1. The lowest BCUT2D eigenvalue weighted by atomic mass is 10.1. The highest BCUT2D eigenvalue weighted by Crippen LogP contribution is 2.18. The molecule has 0 aliphatic carbocycles. The van der Waals surface area contributed by atoms with Crippen molar-refractivity contribution in [3.8, 4) is 5.69 Å². The molecule has 0 fully saturated rings. The summed E-state index contributed by atoms with van der Waals surface area (Å²) in [4.78, 5) is 28.2. The van der Waals surface area contributed by atoms with Crippen molar-refractivity contribution in [1.29, 1.82) is 0 Å². The Labute approximate surface area is 149 Å². The van der Waals surface area contributed by atoms with E-state index >= 15 is 0 Å². The molecule has 0 aliphatic rings. The second kappa shape index (κ2) is 7.51. The van der Waals surface area contributed by atoms with Gasteiger partial charge in [0.1, 0.15) is 6.33 Å². The Morgan fingerprint density at radius 2 is 1.88 bits per heavy atom. The number of anilines is 1. The number of carbonyl (C=O) groups excluding carboxylic acids is 2. The molecule has 26 heavy (non-hydrogen) atoms. The van der Waals surface area contributed by atoms with Crippen molar-refractivity contribution in [2.24, 2.45) is 0 Å². The van der Waals surface area contributed by atoms with Gasteiger partial charge in [-0.25, -0.2) is 4.68 Å². The van der Waals surface area contributed by atoms with Gasteiger partial charge in [-0.05, 0) is 59.7 Å². The van der Waals surface area contributed by atoms with E-state index in [1.165, 1.54) is 11.0 Å². The Morgan fingerprint density at radius 3 is 2.58 bits per heavy atom. The number of carbonyl (C=O) groups is 2. The van der Waals surface area contributed by atoms with Crippen LogP contribution in [0.2, 0.25) is 0 Å². The molecule has 1 unspecified atom stereocenters. The van der Waals surface area contributed by atoms with Crippen molar-refractivity contribution in [2.75, 3.05) is 5.32 Å². The molecule has 2 N–H and O–H groups in total. The lowest BCUT2D eigenvalue weighted by Crippen LogP contribution is -2.36. The van der Waals surface area contributed by atoms with Crippen LogP contribution < -0.4 is 10.6 Å². The second-order valence-corrected chi connectivity index (χ2v) is 5.69. The maximum absolute atomic E-state index is 12.2. The molecule has 2 heterocycles. The van der Waals surface area contributed by atoms with E-state index in [2.05, 4.69) is 31.1 Å². The first-order valence-electron chi connectivity index (χ1n) is 7.90. The molecule has 3 rings (SSSR count). The summed E-state index contributed by atoms with van der Waals surface area (Å²) in [6.07, 6.45) is 4.72. The molecule has 2 amide bonds. The molecule has 0 bridgehead atoms. The predicted molar refractivity (Wildman–Crippen MR) is 93.3 cm³/mol. The summed E-state index contributed by atoms with van der Waals surface area (Å²) in [6, 6.07) is 8.46. The lowest BCUT2D eigenvalue weighted by Gasteiger charge is -2.14. The van der Waals surface area contributed by atoms with Crippen LogP contribution in [0.3, 0.4) is 0 Å². The van der Waals surface area contributed by atoms with E-state index in [4.69, 9.17) is 0 Å². The number of rotatable bonds is 4. The smallest absolute Gasteiger partial charge is 0.313 e. The fraction of sp³-hybridized carbons (Fsp3) is 0.176. The summed E-state index contributed by atoms with van der Waals surface area (Å²) in [5, 5.41) is 16.3. The van der Waals surface area contributed by atoms with Gasteiger partial charge in [-0.2, -0.15) is 0 Å². The van der Waals surface area contributed by atoms with Crippen LogP contribution in [0.25, 0.3) is 5.69 Å². The highest BCUT2D eigenvalue weighted by atomic mass is 16.2. The summed E-state index contributed by atoms with van der Waals surface area (Å²) in [6.45, 7) is 3.69. The van der Waals surface area contributed by atoms with E-state index < -0.39 is 11.8 Å². The first-order valence-corrected chi connectivity index (χ1v) is 7.90. The number of tetrazole rings is 1. The lowest BCUT2D eigenvalue weighted by molar-refractivity contribution is -0.136. The number of aryl methyl sites for hydroxylation is 1. The summed E-state index contributed by atoms with van der Waals surface area (Å²) in [5.74, 6) is -1.48. The first-order chi connectivity index (χ1) is 12.5. The van der Waals surface area contributed by atoms with Gasteiger partial charge in [0, 0.05) is 18.1 Å². The maximum atomic E-state index is 12.2. The summed E-state index contributed by atoms with van der Waals surface area (Å²) in [7, 11) is 0. The number of benzene rings is 1. The predicted octanol–water partition coefficient (Wildman–Crippen LogP) is 1.18. The van der Waals surface area contributed by atoms with Gasteiger partial charge in [0.05, 0.1) is 11.7 Å². The zero-order chi connectivity index (χ0) is 18.5. The zero-order valence-corrected chi connectivity index (χ0v) is 14.2. The van der Waals surface area contributed by atoms with Crippen molar-refractivity contribution in [3.63, 3.8) is 0 Å². The third-order valence-corrected chi connectivity index (χ3v) is 3.82. The van der Waals surface area contributed by atoms with Crippen molar-refractivity contribution >= 4 is 17.5 Å². The van der Waals surface area contributed by atoms with Crippen molar-refractivity contribution < 1.29 is 9.59 Å². The molecule has 2 aromatic heterocycles.